The number of hydrogen-bond acceptors (Lipinski definition) is 5. The summed E-state index contributed by atoms with van der Waals surface area (Å²) in [4.78, 5) is 28.3. The Bertz CT molecular complexity index is 834. The van der Waals surface area contributed by atoms with Gasteiger partial charge in [0, 0.05) is 19.3 Å². The minimum absolute atomic E-state index is 0.312. The van der Waals surface area contributed by atoms with Crippen LogP contribution in [0.5, 0.6) is 0 Å². The molecule has 1 aromatic carbocycles. The van der Waals surface area contributed by atoms with Crippen LogP contribution in [-0.4, -0.2) is 35.9 Å². The van der Waals surface area contributed by atoms with E-state index < -0.39 is 11.9 Å². The lowest BCUT2D eigenvalue weighted by molar-refractivity contribution is -0.122. The molecule has 26 heavy (non-hydrogen) atoms. The zero-order valence-electron chi connectivity index (χ0n) is 14.1. The predicted molar refractivity (Wildman–Crippen MR) is 98.8 cm³/mol. The molecule has 134 valence electrons. The Labute approximate surface area is 156 Å². The molecule has 0 aliphatic carbocycles. The number of pyridine rings is 1. The first-order valence-corrected chi connectivity index (χ1v) is 8.33. The molecule has 0 bridgehead atoms. The Balaban J connectivity index is 1.78. The van der Waals surface area contributed by atoms with Crippen LogP contribution in [0.3, 0.4) is 0 Å². The van der Waals surface area contributed by atoms with Gasteiger partial charge in [0.05, 0.1) is 16.1 Å². The van der Waals surface area contributed by atoms with Crippen LogP contribution in [0.4, 0.5) is 5.82 Å². The molecule has 8 heteroatoms. The number of nitriles is 1. The highest BCUT2D eigenvalue weighted by Gasteiger charge is 2.17. The number of aromatic nitrogens is 1. The van der Waals surface area contributed by atoms with Gasteiger partial charge < -0.3 is 16.0 Å². The van der Waals surface area contributed by atoms with Gasteiger partial charge in [-0.1, -0.05) is 23.7 Å². The van der Waals surface area contributed by atoms with E-state index in [4.69, 9.17) is 16.9 Å². The number of nitrogens with one attached hydrogen (secondary N) is 3. The van der Waals surface area contributed by atoms with E-state index in [2.05, 4.69) is 20.9 Å². The zero-order valence-corrected chi connectivity index (χ0v) is 14.9. The SMILES string of the molecule is C[C@H](NC(=O)c1ccccc1Cl)C(=O)NCCNc1ncccc1C#N. The number of rotatable bonds is 7. The minimum Gasteiger partial charge on any atom is -0.367 e. The molecule has 0 aliphatic heterocycles. The lowest BCUT2D eigenvalue weighted by Crippen LogP contribution is -2.45. The van der Waals surface area contributed by atoms with Crippen molar-refractivity contribution in [1.82, 2.24) is 15.6 Å². The maximum Gasteiger partial charge on any atom is 0.253 e. The van der Waals surface area contributed by atoms with E-state index in [0.717, 1.165) is 0 Å². The highest BCUT2D eigenvalue weighted by atomic mass is 35.5. The third-order valence-electron chi connectivity index (χ3n) is 3.50. The van der Waals surface area contributed by atoms with Crippen LogP contribution >= 0.6 is 11.6 Å². The molecule has 0 fully saturated rings. The molecule has 1 aromatic heterocycles. The van der Waals surface area contributed by atoms with Crippen molar-refractivity contribution in [3.8, 4) is 6.07 Å². The number of hydrogen-bond donors (Lipinski definition) is 3. The number of amides is 2. The maximum absolute atomic E-state index is 12.1. The zero-order chi connectivity index (χ0) is 18.9. The quantitative estimate of drug-likeness (QED) is 0.645. The van der Waals surface area contributed by atoms with Gasteiger partial charge in [0.2, 0.25) is 5.91 Å². The Morgan fingerprint density at radius 3 is 2.73 bits per heavy atom. The smallest absolute Gasteiger partial charge is 0.253 e. The van der Waals surface area contributed by atoms with Gasteiger partial charge in [-0.2, -0.15) is 5.26 Å². The lowest BCUT2D eigenvalue weighted by atomic mass is 10.2. The van der Waals surface area contributed by atoms with Gasteiger partial charge in [-0.3, -0.25) is 9.59 Å². The third-order valence-corrected chi connectivity index (χ3v) is 3.83. The Kier molecular flexibility index (Phi) is 6.94. The van der Waals surface area contributed by atoms with Gasteiger partial charge in [-0.05, 0) is 31.2 Å². The van der Waals surface area contributed by atoms with Crippen LogP contribution in [0, 0.1) is 11.3 Å². The van der Waals surface area contributed by atoms with Crippen LogP contribution in [0.2, 0.25) is 5.02 Å². The summed E-state index contributed by atoms with van der Waals surface area (Å²) >= 11 is 5.97. The van der Waals surface area contributed by atoms with E-state index in [1.165, 1.54) is 0 Å². The predicted octanol–water partition coefficient (Wildman–Crippen LogP) is 1.95. The van der Waals surface area contributed by atoms with E-state index in [1.54, 1.807) is 49.5 Å². The molecule has 0 radical (unpaired) electrons. The topological polar surface area (TPSA) is 107 Å². The van der Waals surface area contributed by atoms with E-state index >= 15 is 0 Å². The normalized spacial score (nSPS) is 11.1. The molecule has 1 atom stereocenters. The second kappa shape index (κ2) is 9.39. The highest BCUT2D eigenvalue weighted by molar-refractivity contribution is 6.33. The standard InChI is InChI=1S/C18H18ClN5O2/c1-12(24-18(26)14-6-2-3-7-15(14)19)17(25)23-10-9-22-16-13(11-20)5-4-8-21-16/h2-8,12H,9-10H2,1H3,(H,21,22)(H,23,25)(H,24,26)/t12-/m0/s1. The molecule has 1 heterocycles. The molecule has 0 aliphatic rings. The number of anilines is 1. The van der Waals surface area contributed by atoms with Crippen molar-refractivity contribution in [2.24, 2.45) is 0 Å². The van der Waals surface area contributed by atoms with Crippen molar-refractivity contribution in [2.75, 3.05) is 18.4 Å². The number of halogens is 1. The molecule has 0 saturated carbocycles. The fourth-order valence-corrected chi connectivity index (χ4v) is 2.36. The number of carbonyl (C=O) groups excluding carboxylic acids is 2. The molecule has 0 saturated heterocycles. The molecule has 0 spiro atoms. The van der Waals surface area contributed by atoms with Crippen molar-refractivity contribution in [3.05, 3.63) is 58.7 Å². The summed E-state index contributed by atoms with van der Waals surface area (Å²) in [6, 6.07) is 11.3. The first kappa shape index (κ1) is 19.2. The molecule has 0 unspecified atom stereocenters. The second-order valence-corrected chi connectivity index (χ2v) is 5.81. The average Bonchev–Trinajstić information content (AvgIpc) is 2.65. The van der Waals surface area contributed by atoms with Crippen molar-refractivity contribution < 1.29 is 9.59 Å². The van der Waals surface area contributed by atoms with E-state index in [-0.39, 0.29) is 5.91 Å². The van der Waals surface area contributed by atoms with Crippen LogP contribution in [-0.2, 0) is 4.79 Å². The van der Waals surface area contributed by atoms with E-state index in [1.807, 2.05) is 6.07 Å². The third kappa shape index (κ3) is 5.19. The van der Waals surface area contributed by atoms with Gasteiger partial charge in [-0.15, -0.1) is 0 Å². The maximum atomic E-state index is 12.1. The van der Waals surface area contributed by atoms with Crippen molar-refractivity contribution in [3.63, 3.8) is 0 Å². The highest BCUT2D eigenvalue weighted by Crippen LogP contribution is 2.14. The largest absolute Gasteiger partial charge is 0.367 e. The second-order valence-electron chi connectivity index (χ2n) is 5.40. The van der Waals surface area contributed by atoms with Crippen molar-refractivity contribution in [1.29, 1.82) is 5.26 Å². The number of carbonyl (C=O) groups is 2. The monoisotopic (exact) mass is 371 g/mol. The average molecular weight is 372 g/mol. The number of benzene rings is 1. The molecular weight excluding hydrogens is 354 g/mol. The van der Waals surface area contributed by atoms with Crippen LogP contribution in [0.25, 0.3) is 0 Å². The summed E-state index contributed by atoms with van der Waals surface area (Å²) in [5.41, 5.74) is 0.744. The molecule has 7 nitrogen and oxygen atoms in total. The molecule has 2 rings (SSSR count). The van der Waals surface area contributed by atoms with Gasteiger partial charge in [0.15, 0.2) is 0 Å². The summed E-state index contributed by atoms with van der Waals surface area (Å²) in [5.74, 6) is -0.276. The van der Waals surface area contributed by atoms with Crippen LogP contribution < -0.4 is 16.0 Å². The Morgan fingerprint density at radius 1 is 1.23 bits per heavy atom. The number of nitrogens with zero attached hydrogens (tertiary/aromatic N) is 2. The van der Waals surface area contributed by atoms with Gasteiger partial charge in [0.25, 0.3) is 5.91 Å². The summed E-state index contributed by atoms with van der Waals surface area (Å²) in [6.45, 7) is 2.29. The van der Waals surface area contributed by atoms with Gasteiger partial charge in [-0.25, -0.2) is 4.98 Å². The molecule has 2 amide bonds. The van der Waals surface area contributed by atoms with Gasteiger partial charge >= 0.3 is 0 Å². The lowest BCUT2D eigenvalue weighted by Gasteiger charge is -2.15. The van der Waals surface area contributed by atoms with Crippen molar-refractivity contribution >= 4 is 29.2 Å². The van der Waals surface area contributed by atoms with Crippen LogP contribution in [0.1, 0.15) is 22.8 Å². The summed E-state index contributed by atoms with van der Waals surface area (Å²) in [5, 5.41) is 17.6. The molecular formula is C18H18ClN5O2. The van der Waals surface area contributed by atoms with E-state index in [9.17, 15) is 9.59 Å². The summed E-state index contributed by atoms with van der Waals surface area (Å²) in [6.07, 6.45) is 1.58. The van der Waals surface area contributed by atoms with E-state index in [0.29, 0.717) is 35.1 Å². The molecule has 3 N–H and O–H groups in total. The Hall–Kier alpha value is -3.11. The Morgan fingerprint density at radius 2 is 2.00 bits per heavy atom. The summed E-state index contributed by atoms with van der Waals surface area (Å²) in [7, 11) is 0. The fraction of sp³-hybridized carbons (Fsp3) is 0.222. The summed E-state index contributed by atoms with van der Waals surface area (Å²) < 4.78 is 0. The molecule has 2 aromatic rings. The van der Waals surface area contributed by atoms with Gasteiger partial charge in [0.1, 0.15) is 17.9 Å². The van der Waals surface area contributed by atoms with Crippen molar-refractivity contribution in [2.45, 2.75) is 13.0 Å². The first-order chi connectivity index (χ1) is 12.5. The first-order valence-electron chi connectivity index (χ1n) is 7.95. The fourth-order valence-electron chi connectivity index (χ4n) is 2.14. The minimum atomic E-state index is -0.719. The van der Waals surface area contributed by atoms with Crippen LogP contribution in [0.15, 0.2) is 42.6 Å².